The molecule has 114 valence electrons. The van der Waals surface area contributed by atoms with Crippen molar-refractivity contribution in [2.75, 3.05) is 14.2 Å². The minimum absolute atomic E-state index is 0.124. The molecule has 0 aromatic rings. The predicted molar refractivity (Wildman–Crippen MR) is 82.7 cm³/mol. The molecule has 20 heavy (non-hydrogen) atoms. The fourth-order valence-corrected chi connectivity index (χ4v) is 6.91. The van der Waals surface area contributed by atoms with E-state index < -0.39 is 15.5 Å². The van der Waals surface area contributed by atoms with Gasteiger partial charge in [-0.1, -0.05) is 42.5 Å². The summed E-state index contributed by atoms with van der Waals surface area (Å²) in [5, 5.41) is 0.783. The summed E-state index contributed by atoms with van der Waals surface area (Å²) in [5.41, 5.74) is 0. The van der Waals surface area contributed by atoms with Gasteiger partial charge in [-0.25, -0.2) is 0 Å². The van der Waals surface area contributed by atoms with Crippen LogP contribution in [0, 0.1) is 11.8 Å². The first-order chi connectivity index (χ1) is 9.41. The third-order valence-corrected chi connectivity index (χ3v) is 8.10. The second kappa shape index (κ2) is 4.91. The van der Waals surface area contributed by atoms with E-state index in [4.69, 9.17) is 55.9 Å². The molecule has 2 fully saturated rings. The highest BCUT2D eigenvalue weighted by molar-refractivity contribution is 6.52. The van der Waals surface area contributed by atoms with Crippen LogP contribution in [0.15, 0.2) is 10.1 Å². The van der Waals surface area contributed by atoms with E-state index in [0.717, 1.165) is 25.7 Å². The first-order valence-corrected chi connectivity index (χ1v) is 8.47. The summed E-state index contributed by atoms with van der Waals surface area (Å²) < 4.78 is 11.4. The van der Waals surface area contributed by atoms with E-state index in [1.807, 2.05) is 0 Å². The number of hydrogen-bond donors (Lipinski definition) is 0. The molecular formula is C14H18Cl4O2. The molecule has 0 aliphatic heterocycles. The lowest BCUT2D eigenvalue weighted by atomic mass is 9.79. The van der Waals surface area contributed by atoms with Crippen LogP contribution in [-0.2, 0) is 9.47 Å². The van der Waals surface area contributed by atoms with Crippen molar-refractivity contribution in [1.82, 2.24) is 0 Å². The lowest BCUT2D eigenvalue weighted by Crippen LogP contribution is -2.57. The van der Waals surface area contributed by atoms with Crippen LogP contribution < -0.4 is 0 Å². The summed E-state index contributed by atoms with van der Waals surface area (Å²) in [7, 11) is 3.12. The molecule has 0 spiro atoms. The number of fused-ring (bicyclic) bond motifs is 5. The van der Waals surface area contributed by atoms with E-state index in [0.29, 0.717) is 10.1 Å². The summed E-state index contributed by atoms with van der Waals surface area (Å²) in [5.74, 6) is -0.956. The van der Waals surface area contributed by atoms with E-state index >= 15 is 0 Å². The average molecular weight is 360 g/mol. The Kier molecular flexibility index (Phi) is 3.85. The van der Waals surface area contributed by atoms with Crippen molar-refractivity contribution in [2.45, 2.75) is 47.6 Å². The normalized spacial score (nSPS) is 46.5. The van der Waals surface area contributed by atoms with E-state index in [1.165, 1.54) is 6.42 Å². The summed E-state index contributed by atoms with van der Waals surface area (Å²) >= 11 is 26.9. The Bertz CT molecular complexity index is 426. The topological polar surface area (TPSA) is 18.5 Å². The molecule has 0 aromatic carbocycles. The molecule has 4 atom stereocenters. The van der Waals surface area contributed by atoms with Crippen LogP contribution in [0.2, 0.25) is 0 Å². The van der Waals surface area contributed by atoms with Crippen LogP contribution in [0.4, 0.5) is 0 Å². The number of halogens is 4. The molecule has 0 N–H and O–H groups in total. The molecule has 6 heteroatoms. The van der Waals surface area contributed by atoms with Crippen molar-refractivity contribution in [3.63, 3.8) is 0 Å². The number of ether oxygens (including phenoxy) is 2. The third-order valence-electron chi connectivity index (χ3n) is 5.40. The van der Waals surface area contributed by atoms with Gasteiger partial charge in [0.25, 0.3) is 0 Å². The maximum absolute atomic E-state index is 6.99. The van der Waals surface area contributed by atoms with E-state index in [-0.39, 0.29) is 11.8 Å². The lowest BCUT2D eigenvalue weighted by molar-refractivity contribution is -0.220. The van der Waals surface area contributed by atoms with Gasteiger partial charge in [0, 0.05) is 14.2 Å². The highest BCUT2D eigenvalue weighted by Gasteiger charge is 2.83. The molecule has 2 saturated carbocycles. The predicted octanol–water partition coefficient (Wildman–Crippen LogP) is 4.84. The summed E-state index contributed by atoms with van der Waals surface area (Å²) in [6.45, 7) is 0. The zero-order valence-corrected chi connectivity index (χ0v) is 14.5. The maximum atomic E-state index is 6.99. The van der Waals surface area contributed by atoms with Crippen LogP contribution in [0.25, 0.3) is 0 Å². The molecular weight excluding hydrogens is 342 g/mol. The summed E-state index contributed by atoms with van der Waals surface area (Å²) in [6, 6.07) is 0. The van der Waals surface area contributed by atoms with Gasteiger partial charge in [0.2, 0.25) is 5.79 Å². The molecule has 3 aliphatic rings. The number of hydrogen-bond acceptors (Lipinski definition) is 2. The van der Waals surface area contributed by atoms with Gasteiger partial charge in [-0.2, -0.15) is 0 Å². The molecule has 0 unspecified atom stereocenters. The average Bonchev–Trinajstić information content (AvgIpc) is 2.68. The highest BCUT2D eigenvalue weighted by atomic mass is 35.5. The van der Waals surface area contributed by atoms with Gasteiger partial charge in [-0.05, 0) is 24.7 Å². The molecule has 2 nitrogen and oxygen atoms in total. The largest absolute Gasteiger partial charge is 0.350 e. The molecule has 0 heterocycles. The SMILES string of the molecule is COC1(OC)[C@@]2(Cl)C(Cl)=C(Cl)[C@@]1(Cl)[C@H]1CCCCC[C@@H]12. The van der Waals surface area contributed by atoms with Gasteiger partial charge < -0.3 is 9.47 Å². The number of alkyl halides is 2. The zero-order chi connectivity index (χ0) is 14.8. The Morgan fingerprint density at radius 3 is 1.60 bits per heavy atom. The van der Waals surface area contributed by atoms with E-state index in [2.05, 4.69) is 0 Å². The number of rotatable bonds is 2. The molecule has 0 saturated heterocycles. The van der Waals surface area contributed by atoms with E-state index in [9.17, 15) is 0 Å². The fraction of sp³-hybridized carbons (Fsp3) is 0.857. The molecule has 2 bridgehead atoms. The minimum Gasteiger partial charge on any atom is -0.350 e. The molecule has 3 aliphatic carbocycles. The van der Waals surface area contributed by atoms with Gasteiger partial charge in [-0.3, -0.25) is 0 Å². The van der Waals surface area contributed by atoms with Crippen molar-refractivity contribution in [3.05, 3.63) is 10.1 Å². The van der Waals surface area contributed by atoms with Crippen molar-refractivity contribution in [1.29, 1.82) is 0 Å². The first kappa shape index (κ1) is 15.7. The molecule has 0 amide bonds. The quantitative estimate of drug-likeness (QED) is 0.518. The second-order valence-electron chi connectivity index (χ2n) is 5.93. The highest BCUT2D eigenvalue weighted by Crippen LogP contribution is 2.75. The van der Waals surface area contributed by atoms with Crippen LogP contribution in [0.3, 0.4) is 0 Å². The molecule has 0 radical (unpaired) electrons. The third kappa shape index (κ3) is 1.42. The van der Waals surface area contributed by atoms with Crippen molar-refractivity contribution in [2.24, 2.45) is 11.8 Å². The Morgan fingerprint density at radius 2 is 1.25 bits per heavy atom. The van der Waals surface area contributed by atoms with Crippen molar-refractivity contribution in [3.8, 4) is 0 Å². The molecule has 3 rings (SSSR count). The smallest absolute Gasteiger partial charge is 0.217 e. The van der Waals surface area contributed by atoms with Gasteiger partial charge in [0.15, 0.2) is 0 Å². The fourth-order valence-electron chi connectivity index (χ4n) is 4.62. The van der Waals surface area contributed by atoms with Gasteiger partial charge in [0.05, 0.1) is 10.1 Å². The van der Waals surface area contributed by atoms with E-state index in [1.54, 1.807) is 14.2 Å². The van der Waals surface area contributed by atoms with Crippen molar-refractivity contribution >= 4 is 46.4 Å². The zero-order valence-electron chi connectivity index (χ0n) is 11.5. The van der Waals surface area contributed by atoms with Crippen molar-refractivity contribution < 1.29 is 9.47 Å². The van der Waals surface area contributed by atoms with Crippen LogP contribution >= 0.6 is 46.4 Å². The Labute approximate surface area is 139 Å². The van der Waals surface area contributed by atoms with Gasteiger partial charge >= 0.3 is 0 Å². The summed E-state index contributed by atoms with van der Waals surface area (Å²) in [6.07, 6.45) is 5.37. The van der Waals surface area contributed by atoms with Gasteiger partial charge in [-0.15, -0.1) is 23.2 Å². The Hall–Kier alpha value is 0.820. The Balaban J connectivity index is 2.24. The summed E-state index contributed by atoms with van der Waals surface area (Å²) in [4.78, 5) is -1.99. The van der Waals surface area contributed by atoms with Gasteiger partial charge in [0.1, 0.15) is 9.75 Å². The second-order valence-corrected chi connectivity index (χ2v) is 7.88. The van der Waals surface area contributed by atoms with Crippen LogP contribution in [0.1, 0.15) is 32.1 Å². The maximum Gasteiger partial charge on any atom is 0.217 e. The lowest BCUT2D eigenvalue weighted by Gasteiger charge is -2.41. The Morgan fingerprint density at radius 1 is 0.850 bits per heavy atom. The van der Waals surface area contributed by atoms with Crippen LogP contribution in [0.5, 0.6) is 0 Å². The monoisotopic (exact) mass is 358 g/mol. The number of methoxy groups -OCH3 is 2. The van der Waals surface area contributed by atoms with Crippen LogP contribution in [-0.4, -0.2) is 29.8 Å². The minimum atomic E-state index is -1.20. The first-order valence-electron chi connectivity index (χ1n) is 6.96. The molecule has 0 aromatic heterocycles. The standard InChI is InChI=1S/C14H18Cl4O2/c1-19-14(20-2)12(17)8-6-4-3-5-7-9(8)13(14,18)11(16)10(12)15/h8-9H,3-7H2,1-2H3/t8-,9-,12-,13-/m0/s1.